The van der Waals surface area contributed by atoms with E-state index in [0.29, 0.717) is 6.42 Å². The van der Waals surface area contributed by atoms with Crippen molar-refractivity contribution in [3.05, 3.63) is 39.8 Å². The lowest BCUT2D eigenvalue weighted by molar-refractivity contribution is -0.132. The predicted molar refractivity (Wildman–Crippen MR) is 92.7 cm³/mol. The molecule has 3 rings (SSSR count). The average Bonchev–Trinajstić information content (AvgIpc) is 3.15. The fourth-order valence-corrected chi connectivity index (χ4v) is 3.73. The van der Waals surface area contributed by atoms with E-state index in [1.165, 1.54) is 5.69 Å². The summed E-state index contributed by atoms with van der Waals surface area (Å²) in [5, 5.41) is 6.53. The smallest absolute Gasteiger partial charge is 0.227 e. The van der Waals surface area contributed by atoms with Gasteiger partial charge in [-0.05, 0) is 31.4 Å². The Labute approximate surface area is 141 Å². The van der Waals surface area contributed by atoms with Crippen LogP contribution in [-0.2, 0) is 17.8 Å². The number of hydrogen-bond acceptors (Lipinski definition) is 4. The Hall–Kier alpha value is -1.66. The Morgan fingerprint density at radius 2 is 2.00 bits per heavy atom. The second-order valence-corrected chi connectivity index (χ2v) is 7.16. The van der Waals surface area contributed by atoms with Crippen molar-refractivity contribution < 1.29 is 4.79 Å². The molecule has 3 heterocycles. The maximum atomic E-state index is 12.3. The number of aryl methyl sites for hydroxylation is 2. The number of carbonyl (C=O) groups is 1. The molecule has 0 N–H and O–H groups in total. The van der Waals surface area contributed by atoms with Crippen LogP contribution in [-0.4, -0.2) is 58.2 Å². The Kier molecular flexibility index (Phi) is 5.13. The third-order valence-corrected chi connectivity index (χ3v) is 5.24. The fraction of sp³-hybridized carbons (Fsp3) is 0.529. The van der Waals surface area contributed by atoms with Crippen LogP contribution in [0.4, 0.5) is 0 Å². The van der Waals surface area contributed by atoms with E-state index in [-0.39, 0.29) is 5.91 Å². The van der Waals surface area contributed by atoms with Crippen LogP contribution in [0.5, 0.6) is 0 Å². The minimum Gasteiger partial charge on any atom is -0.340 e. The molecular formula is C17H24N4OS. The van der Waals surface area contributed by atoms with Gasteiger partial charge in [0.2, 0.25) is 5.91 Å². The Balaban J connectivity index is 1.43. The fourth-order valence-electron chi connectivity index (χ4n) is 3.03. The van der Waals surface area contributed by atoms with Gasteiger partial charge in [0.1, 0.15) is 0 Å². The lowest BCUT2D eigenvalue weighted by atomic mass is 10.2. The first-order chi connectivity index (χ1) is 11.1. The van der Waals surface area contributed by atoms with E-state index < -0.39 is 0 Å². The molecule has 5 nitrogen and oxygen atoms in total. The third kappa shape index (κ3) is 4.20. The van der Waals surface area contributed by atoms with Crippen LogP contribution in [0.25, 0.3) is 0 Å². The molecule has 0 unspecified atom stereocenters. The Morgan fingerprint density at radius 3 is 2.61 bits per heavy atom. The highest BCUT2D eigenvalue weighted by atomic mass is 32.1. The first-order valence-corrected chi connectivity index (χ1v) is 9.03. The van der Waals surface area contributed by atoms with E-state index in [1.807, 2.05) is 29.3 Å². The summed E-state index contributed by atoms with van der Waals surface area (Å²) in [6.07, 6.45) is 0.545. The van der Waals surface area contributed by atoms with Gasteiger partial charge in [-0.15, -0.1) is 11.3 Å². The lowest BCUT2D eigenvalue weighted by Crippen LogP contribution is -2.49. The Bertz CT molecular complexity index is 642. The number of amides is 1. The van der Waals surface area contributed by atoms with Crippen LogP contribution in [0.1, 0.15) is 16.3 Å². The summed E-state index contributed by atoms with van der Waals surface area (Å²) in [4.78, 5) is 17.9. The zero-order valence-corrected chi connectivity index (χ0v) is 14.7. The van der Waals surface area contributed by atoms with E-state index in [9.17, 15) is 4.79 Å². The van der Waals surface area contributed by atoms with Gasteiger partial charge in [0, 0.05) is 43.3 Å². The third-order valence-electron chi connectivity index (χ3n) is 4.36. The van der Waals surface area contributed by atoms with Crippen molar-refractivity contribution in [2.24, 2.45) is 0 Å². The molecule has 6 heteroatoms. The molecule has 1 saturated heterocycles. The highest BCUT2D eigenvalue weighted by Gasteiger charge is 2.21. The van der Waals surface area contributed by atoms with Gasteiger partial charge in [0.25, 0.3) is 0 Å². The van der Waals surface area contributed by atoms with Gasteiger partial charge in [-0.3, -0.25) is 14.4 Å². The van der Waals surface area contributed by atoms with Crippen molar-refractivity contribution in [1.82, 2.24) is 19.6 Å². The Morgan fingerprint density at radius 1 is 1.22 bits per heavy atom. The van der Waals surface area contributed by atoms with E-state index in [2.05, 4.69) is 27.7 Å². The topological polar surface area (TPSA) is 41.4 Å². The number of piperazine rings is 1. The number of carbonyl (C=O) groups excluding carboxylic acids is 1. The highest BCUT2D eigenvalue weighted by Crippen LogP contribution is 2.12. The van der Waals surface area contributed by atoms with E-state index in [0.717, 1.165) is 49.8 Å². The number of thiophene rings is 1. The van der Waals surface area contributed by atoms with Crippen LogP contribution in [0, 0.1) is 13.8 Å². The number of aromatic nitrogens is 2. The normalized spacial score (nSPS) is 16.0. The van der Waals surface area contributed by atoms with Gasteiger partial charge in [0.15, 0.2) is 0 Å². The summed E-state index contributed by atoms with van der Waals surface area (Å²) in [6, 6.07) is 6.15. The monoisotopic (exact) mass is 332 g/mol. The molecular weight excluding hydrogens is 308 g/mol. The van der Waals surface area contributed by atoms with Crippen molar-refractivity contribution >= 4 is 17.2 Å². The number of nitrogens with zero attached hydrogens (tertiary/aromatic N) is 4. The molecule has 0 aliphatic carbocycles. The number of hydrogen-bond donors (Lipinski definition) is 0. The lowest BCUT2D eigenvalue weighted by Gasteiger charge is -2.34. The molecule has 0 atom stereocenters. The minimum absolute atomic E-state index is 0.255. The zero-order chi connectivity index (χ0) is 16.2. The summed E-state index contributed by atoms with van der Waals surface area (Å²) in [5.74, 6) is 0.255. The zero-order valence-electron chi connectivity index (χ0n) is 13.9. The van der Waals surface area contributed by atoms with Crippen LogP contribution in [0.2, 0.25) is 0 Å². The summed E-state index contributed by atoms with van der Waals surface area (Å²) in [6.45, 7) is 9.62. The van der Waals surface area contributed by atoms with Crippen molar-refractivity contribution in [1.29, 1.82) is 0 Å². The van der Waals surface area contributed by atoms with Crippen LogP contribution in [0.15, 0.2) is 23.6 Å². The molecule has 0 aromatic carbocycles. The molecule has 2 aromatic heterocycles. The van der Waals surface area contributed by atoms with E-state index >= 15 is 0 Å². The maximum absolute atomic E-state index is 12.3. The van der Waals surface area contributed by atoms with Gasteiger partial charge in [-0.2, -0.15) is 5.10 Å². The molecule has 1 amide bonds. The SMILES string of the molecule is Cc1cc(C)n(CCN2CCN(C(=O)Cc3cccs3)CC2)n1. The first kappa shape index (κ1) is 16.2. The summed E-state index contributed by atoms with van der Waals surface area (Å²) < 4.78 is 2.07. The maximum Gasteiger partial charge on any atom is 0.227 e. The molecule has 1 aliphatic rings. The second kappa shape index (κ2) is 7.27. The van der Waals surface area contributed by atoms with Crippen molar-refractivity contribution in [3.8, 4) is 0 Å². The van der Waals surface area contributed by atoms with E-state index in [4.69, 9.17) is 0 Å². The largest absolute Gasteiger partial charge is 0.340 e. The summed E-state index contributed by atoms with van der Waals surface area (Å²) >= 11 is 1.66. The minimum atomic E-state index is 0.255. The quantitative estimate of drug-likeness (QED) is 0.840. The van der Waals surface area contributed by atoms with Gasteiger partial charge in [0.05, 0.1) is 18.7 Å². The van der Waals surface area contributed by atoms with Crippen LogP contribution >= 0.6 is 11.3 Å². The van der Waals surface area contributed by atoms with Crippen LogP contribution in [0.3, 0.4) is 0 Å². The van der Waals surface area contributed by atoms with Crippen molar-refractivity contribution in [3.63, 3.8) is 0 Å². The molecule has 124 valence electrons. The molecule has 23 heavy (non-hydrogen) atoms. The van der Waals surface area contributed by atoms with Gasteiger partial charge in [-0.25, -0.2) is 0 Å². The van der Waals surface area contributed by atoms with E-state index in [1.54, 1.807) is 11.3 Å². The van der Waals surface area contributed by atoms with Crippen molar-refractivity contribution in [2.45, 2.75) is 26.8 Å². The standard InChI is InChI=1S/C17H24N4OS/c1-14-12-15(2)21(18-14)10-7-19-5-8-20(9-6-19)17(22)13-16-4-3-11-23-16/h3-4,11-12H,5-10,13H2,1-2H3. The summed E-state index contributed by atoms with van der Waals surface area (Å²) in [7, 11) is 0. The predicted octanol–water partition coefficient (Wildman–Crippen LogP) is 1.95. The molecule has 0 radical (unpaired) electrons. The molecule has 0 spiro atoms. The molecule has 1 fully saturated rings. The molecule has 0 bridgehead atoms. The van der Waals surface area contributed by atoms with Gasteiger partial charge >= 0.3 is 0 Å². The summed E-state index contributed by atoms with van der Waals surface area (Å²) in [5.41, 5.74) is 2.29. The highest BCUT2D eigenvalue weighted by molar-refractivity contribution is 7.10. The second-order valence-electron chi connectivity index (χ2n) is 6.13. The number of rotatable bonds is 5. The molecule has 2 aromatic rings. The molecule has 1 aliphatic heterocycles. The van der Waals surface area contributed by atoms with Crippen molar-refractivity contribution in [2.75, 3.05) is 32.7 Å². The molecule has 0 saturated carbocycles. The van der Waals surface area contributed by atoms with Gasteiger partial charge < -0.3 is 4.90 Å². The van der Waals surface area contributed by atoms with Gasteiger partial charge in [-0.1, -0.05) is 6.07 Å². The average molecular weight is 332 g/mol. The first-order valence-electron chi connectivity index (χ1n) is 8.15. The van der Waals surface area contributed by atoms with Crippen LogP contribution < -0.4 is 0 Å².